The monoisotopic (exact) mass is 482 g/mol. The smallest absolute Gasteiger partial charge is 0.294 e. The van der Waals surface area contributed by atoms with Crippen molar-refractivity contribution in [3.63, 3.8) is 0 Å². The Morgan fingerprint density at radius 3 is 2.57 bits per heavy atom. The summed E-state index contributed by atoms with van der Waals surface area (Å²) in [6.07, 6.45) is 0.454. The summed E-state index contributed by atoms with van der Waals surface area (Å²) in [6, 6.07) is 16.8. The Morgan fingerprint density at radius 2 is 1.80 bits per heavy atom. The van der Waals surface area contributed by atoms with Gasteiger partial charge in [-0.1, -0.05) is 30.7 Å². The molecule has 1 amide bonds. The van der Waals surface area contributed by atoms with Gasteiger partial charge >= 0.3 is 0 Å². The van der Waals surface area contributed by atoms with Crippen LogP contribution >= 0.6 is 11.3 Å². The molecule has 0 bridgehead atoms. The molecule has 0 aliphatic heterocycles. The third-order valence-corrected chi connectivity index (χ3v) is 6.48. The van der Waals surface area contributed by atoms with Gasteiger partial charge in [0.1, 0.15) is 17.5 Å². The van der Waals surface area contributed by atoms with E-state index in [0.717, 1.165) is 26.7 Å². The van der Waals surface area contributed by atoms with Gasteiger partial charge in [-0.25, -0.2) is 15.0 Å². The number of hydrogen-bond donors (Lipinski definition) is 3. The molecule has 5 aromatic rings. The van der Waals surface area contributed by atoms with Gasteiger partial charge in [-0.05, 0) is 54.1 Å². The normalized spacial score (nSPS) is 11.0. The quantitative estimate of drug-likeness (QED) is 0.265. The van der Waals surface area contributed by atoms with Crippen LogP contribution in [0.4, 0.5) is 23.1 Å². The number of aromatic nitrogens is 3. The average molecular weight is 483 g/mol. The van der Waals surface area contributed by atoms with Crippen molar-refractivity contribution in [3.05, 3.63) is 76.9 Å². The Balaban J connectivity index is 1.49. The number of ketones is 1. The summed E-state index contributed by atoms with van der Waals surface area (Å²) in [5.74, 6) is 0.749. The topological polar surface area (TPSA) is 123 Å². The number of anilines is 4. The fourth-order valence-corrected chi connectivity index (χ4v) is 4.51. The summed E-state index contributed by atoms with van der Waals surface area (Å²) < 4.78 is 0.749. The van der Waals surface area contributed by atoms with Gasteiger partial charge in [0.05, 0.1) is 10.2 Å². The number of thiophene rings is 1. The lowest BCUT2D eigenvalue weighted by Gasteiger charge is -2.13. The predicted octanol–water partition coefficient (Wildman–Crippen LogP) is 5.72. The van der Waals surface area contributed by atoms with Gasteiger partial charge in [0.2, 0.25) is 5.82 Å². The molecule has 8 nitrogen and oxygen atoms in total. The number of benzene rings is 2. The van der Waals surface area contributed by atoms with Crippen molar-refractivity contribution in [2.75, 3.05) is 16.4 Å². The molecule has 35 heavy (non-hydrogen) atoms. The van der Waals surface area contributed by atoms with E-state index < -0.39 is 5.91 Å². The highest BCUT2D eigenvalue weighted by Crippen LogP contribution is 2.29. The van der Waals surface area contributed by atoms with E-state index in [1.807, 2.05) is 55.6 Å². The highest BCUT2D eigenvalue weighted by atomic mass is 32.1. The number of pyridine rings is 1. The van der Waals surface area contributed by atoms with Crippen molar-refractivity contribution in [2.24, 2.45) is 0 Å². The summed E-state index contributed by atoms with van der Waals surface area (Å²) in [4.78, 5) is 38.1. The van der Waals surface area contributed by atoms with Crippen LogP contribution in [0.3, 0.4) is 0 Å². The minimum Gasteiger partial charge on any atom is -0.382 e. The molecule has 5 rings (SSSR count). The van der Waals surface area contributed by atoms with Crippen LogP contribution in [0.2, 0.25) is 0 Å². The highest BCUT2D eigenvalue weighted by Gasteiger charge is 2.17. The van der Waals surface area contributed by atoms with Crippen LogP contribution in [0.5, 0.6) is 0 Å². The van der Waals surface area contributed by atoms with Gasteiger partial charge in [-0.15, -0.1) is 11.3 Å². The number of nitrogens with one attached hydrogen (secondary N) is 2. The van der Waals surface area contributed by atoms with Crippen LogP contribution in [-0.4, -0.2) is 26.6 Å². The van der Waals surface area contributed by atoms with Gasteiger partial charge in [0.25, 0.3) is 5.91 Å². The lowest BCUT2D eigenvalue weighted by Crippen LogP contribution is -2.17. The third-order valence-electron chi connectivity index (χ3n) is 5.55. The molecule has 0 saturated carbocycles. The Bertz CT molecular complexity index is 1590. The van der Waals surface area contributed by atoms with Crippen LogP contribution < -0.4 is 16.4 Å². The van der Waals surface area contributed by atoms with Crippen LogP contribution in [0.25, 0.3) is 21.0 Å². The van der Waals surface area contributed by atoms with E-state index in [1.165, 1.54) is 11.3 Å². The SMILES string of the molecule is CCC(=O)c1ccc(Nc2cc3cc(C)ccc3c(NC(=O)c3nc(N)c4sccc4n3)n2)cc1. The van der Waals surface area contributed by atoms with Gasteiger partial charge in [-0.3, -0.25) is 9.59 Å². The van der Waals surface area contributed by atoms with Crippen molar-refractivity contribution >= 4 is 67.2 Å². The molecule has 0 unspecified atom stereocenters. The number of rotatable bonds is 6. The molecule has 0 fully saturated rings. The Hall–Kier alpha value is -4.37. The standard InChI is InChI=1S/C26H22N6O2S/c1-3-20(33)15-5-7-17(8-6-15)28-21-13-16-12-14(2)4-9-18(16)24(30-21)32-26(34)25-29-19-10-11-35-22(19)23(27)31-25/h4-13H,3H2,1-2H3,(H2,27,29,31)(H2,28,30,32,34). The van der Waals surface area contributed by atoms with Gasteiger partial charge in [0.15, 0.2) is 5.78 Å². The van der Waals surface area contributed by atoms with E-state index in [4.69, 9.17) is 5.73 Å². The van der Waals surface area contributed by atoms with Crippen molar-refractivity contribution in [2.45, 2.75) is 20.3 Å². The first-order chi connectivity index (χ1) is 16.9. The van der Waals surface area contributed by atoms with Crippen LogP contribution in [0.15, 0.2) is 60.0 Å². The fourth-order valence-electron chi connectivity index (χ4n) is 3.78. The second-order valence-electron chi connectivity index (χ2n) is 8.08. The summed E-state index contributed by atoms with van der Waals surface area (Å²) in [5, 5.41) is 9.65. The number of aryl methyl sites for hydroxylation is 1. The first-order valence-corrected chi connectivity index (χ1v) is 11.9. The maximum atomic E-state index is 13.1. The molecule has 0 aliphatic rings. The van der Waals surface area contributed by atoms with Crippen molar-refractivity contribution in [3.8, 4) is 0 Å². The van der Waals surface area contributed by atoms with Gasteiger partial charge in [0, 0.05) is 23.1 Å². The van der Waals surface area contributed by atoms with Crippen molar-refractivity contribution in [1.29, 1.82) is 0 Å². The number of carbonyl (C=O) groups is 2. The van der Waals surface area contributed by atoms with Crippen LogP contribution in [-0.2, 0) is 0 Å². The zero-order valence-electron chi connectivity index (χ0n) is 19.1. The molecular formula is C26H22N6O2S. The van der Waals surface area contributed by atoms with Gasteiger partial charge < -0.3 is 16.4 Å². The minimum atomic E-state index is -0.501. The maximum Gasteiger partial charge on any atom is 0.294 e. The van der Waals surface area contributed by atoms with E-state index in [-0.39, 0.29) is 17.4 Å². The summed E-state index contributed by atoms with van der Waals surface area (Å²) in [6.45, 7) is 3.84. The molecule has 0 spiro atoms. The molecule has 3 heterocycles. The molecule has 0 radical (unpaired) electrons. The first kappa shape index (κ1) is 22.4. The lowest BCUT2D eigenvalue weighted by atomic mass is 10.1. The molecule has 3 aromatic heterocycles. The zero-order valence-corrected chi connectivity index (χ0v) is 19.9. The number of fused-ring (bicyclic) bond motifs is 2. The predicted molar refractivity (Wildman–Crippen MR) is 141 cm³/mol. The van der Waals surface area contributed by atoms with Crippen LogP contribution in [0.1, 0.15) is 39.9 Å². The Morgan fingerprint density at radius 1 is 1.00 bits per heavy atom. The second-order valence-corrected chi connectivity index (χ2v) is 9.00. The maximum absolute atomic E-state index is 13.1. The number of amides is 1. The molecule has 9 heteroatoms. The van der Waals surface area contributed by atoms with Crippen molar-refractivity contribution < 1.29 is 9.59 Å². The number of nitrogens with zero attached hydrogens (tertiary/aromatic N) is 3. The first-order valence-electron chi connectivity index (χ1n) is 11.0. The number of carbonyl (C=O) groups excluding carboxylic acids is 2. The summed E-state index contributed by atoms with van der Waals surface area (Å²) in [5.41, 5.74) is 9.16. The molecule has 174 valence electrons. The number of nitrogens with two attached hydrogens (primary N) is 1. The van der Waals surface area contributed by atoms with Gasteiger partial charge in [-0.2, -0.15) is 0 Å². The molecule has 0 atom stereocenters. The molecular weight excluding hydrogens is 460 g/mol. The number of hydrogen-bond acceptors (Lipinski definition) is 8. The average Bonchev–Trinajstić information content (AvgIpc) is 3.33. The number of Topliss-reactive ketones (excluding diaryl/α,β-unsaturated/α-hetero) is 1. The fraction of sp³-hybridized carbons (Fsp3) is 0.115. The Kier molecular flexibility index (Phi) is 5.84. The lowest BCUT2D eigenvalue weighted by molar-refractivity contribution is 0.0986. The highest BCUT2D eigenvalue weighted by molar-refractivity contribution is 7.17. The van der Waals surface area contributed by atoms with Crippen LogP contribution in [0, 0.1) is 6.92 Å². The second kappa shape index (κ2) is 9.11. The molecule has 2 aromatic carbocycles. The van der Waals surface area contributed by atoms with E-state index in [2.05, 4.69) is 25.6 Å². The van der Waals surface area contributed by atoms with E-state index in [1.54, 1.807) is 18.2 Å². The van der Waals surface area contributed by atoms with E-state index in [0.29, 0.717) is 29.1 Å². The van der Waals surface area contributed by atoms with Crippen molar-refractivity contribution in [1.82, 2.24) is 15.0 Å². The summed E-state index contributed by atoms with van der Waals surface area (Å²) >= 11 is 1.43. The number of nitrogen functional groups attached to an aromatic ring is 1. The Labute approximate surface area is 205 Å². The summed E-state index contributed by atoms with van der Waals surface area (Å²) in [7, 11) is 0. The largest absolute Gasteiger partial charge is 0.382 e. The third kappa shape index (κ3) is 4.53. The molecule has 0 aliphatic carbocycles. The minimum absolute atomic E-state index is 0.0231. The zero-order chi connectivity index (χ0) is 24.5. The molecule has 0 saturated heterocycles. The van der Waals surface area contributed by atoms with E-state index >= 15 is 0 Å². The van der Waals surface area contributed by atoms with E-state index in [9.17, 15) is 9.59 Å². The molecule has 4 N–H and O–H groups in total.